The van der Waals surface area contributed by atoms with Crippen LogP contribution in [-0.2, 0) is 15.7 Å². The maximum Gasteiger partial charge on any atom is 0.416 e. The van der Waals surface area contributed by atoms with Gasteiger partial charge in [-0.3, -0.25) is 4.79 Å². The van der Waals surface area contributed by atoms with E-state index in [4.69, 9.17) is 9.47 Å². The third-order valence-electron chi connectivity index (χ3n) is 4.24. The van der Waals surface area contributed by atoms with Crippen molar-refractivity contribution in [2.24, 2.45) is 0 Å². The third-order valence-corrected chi connectivity index (χ3v) is 4.24. The van der Waals surface area contributed by atoms with Gasteiger partial charge in [-0.05, 0) is 25.0 Å². The quantitative estimate of drug-likeness (QED) is 0.792. The van der Waals surface area contributed by atoms with Gasteiger partial charge in [-0.2, -0.15) is 13.2 Å². The van der Waals surface area contributed by atoms with Gasteiger partial charge in [0.25, 0.3) is 0 Å². The molecule has 2 aliphatic rings. The first-order chi connectivity index (χ1) is 10.4. The summed E-state index contributed by atoms with van der Waals surface area (Å²) in [5, 5.41) is 0. The highest BCUT2D eigenvalue weighted by molar-refractivity contribution is 5.96. The monoisotopic (exact) mass is 314 g/mol. The molecule has 120 valence electrons. The number of rotatable bonds is 3. The van der Waals surface area contributed by atoms with Crippen LogP contribution in [0.5, 0.6) is 0 Å². The first-order valence-electron chi connectivity index (χ1n) is 7.40. The van der Waals surface area contributed by atoms with Gasteiger partial charge in [0, 0.05) is 24.8 Å². The van der Waals surface area contributed by atoms with Gasteiger partial charge in [0.15, 0.2) is 11.6 Å². The van der Waals surface area contributed by atoms with Crippen molar-refractivity contribution < 1.29 is 27.4 Å². The second kappa shape index (κ2) is 5.66. The number of hydrogen-bond donors (Lipinski definition) is 0. The second-order valence-electron chi connectivity index (χ2n) is 5.84. The van der Waals surface area contributed by atoms with Crippen LogP contribution < -0.4 is 0 Å². The molecule has 2 heterocycles. The summed E-state index contributed by atoms with van der Waals surface area (Å²) in [6.45, 7) is 0.680. The molecule has 22 heavy (non-hydrogen) atoms. The molecule has 0 radical (unpaired) electrons. The molecule has 6 heteroatoms. The summed E-state index contributed by atoms with van der Waals surface area (Å²) in [5.41, 5.74) is -0.468. The zero-order chi connectivity index (χ0) is 15.8. The summed E-state index contributed by atoms with van der Waals surface area (Å²) in [5.74, 6) is -0.723. The molecule has 1 spiro atoms. The minimum Gasteiger partial charge on any atom is -0.350 e. The lowest BCUT2D eigenvalue weighted by atomic mass is 10.0. The van der Waals surface area contributed by atoms with Gasteiger partial charge in [-0.15, -0.1) is 0 Å². The number of carbonyl (C=O) groups is 1. The van der Waals surface area contributed by atoms with Crippen molar-refractivity contribution in [3.8, 4) is 0 Å². The molecule has 0 aromatic heterocycles. The Morgan fingerprint density at radius 3 is 2.55 bits per heavy atom. The maximum atomic E-state index is 12.5. The van der Waals surface area contributed by atoms with Crippen molar-refractivity contribution in [1.82, 2.24) is 0 Å². The van der Waals surface area contributed by atoms with E-state index in [9.17, 15) is 18.0 Å². The summed E-state index contributed by atoms with van der Waals surface area (Å²) in [7, 11) is 0. The highest BCUT2D eigenvalue weighted by atomic mass is 19.4. The molecule has 0 bridgehead atoms. The maximum absolute atomic E-state index is 12.5. The summed E-state index contributed by atoms with van der Waals surface area (Å²) in [6.07, 6.45) is -1.10. The number of ether oxygens (including phenoxy) is 2. The number of alkyl halides is 3. The molecular formula is C16H17F3O3. The van der Waals surface area contributed by atoms with E-state index < -0.39 is 17.5 Å². The van der Waals surface area contributed by atoms with Gasteiger partial charge in [0.2, 0.25) is 0 Å². The minimum absolute atomic E-state index is 0.177. The van der Waals surface area contributed by atoms with E-state index >= 15 is 0 Å². The van der Waals surface area contributed by atoms with Crippen LogP contribution in [0.15, 0.2) is 24.3 Å². The van der Waals surface area contributed by atoms with Crippen LogP contribution in [0.1, 0.15) is 48.0 Å². The molecule has 0 amide bonds. The first kappa shape index (κ1) is 15.5. The Balaban J connectivity index is 1.60. The third kappa shape index (κ3) is 3.17. The number of ketones is 1. The molecule has 0 N–H and O–H groups in total. The standard InChI is InChI=1S/C16H17F3O3/c17-16(18,19)12-4-2-11(3-5-12)14(20)10-13-6-8-15(22-13)7-1-9-21-15/h2-5,13H,1,6-10H2/t13-,15-/m1/s1. The zero-order valence-electron chi connectivity index (χ0n) is 12.0. The Kier molecular flexibility index (Phi) is 3.99. The number of carbonyl (C=O) groups excluding carboxylic acids is 1. The summed E-state index contributed by atoms with van der Waals surface area (Å²) in [6, 6.07) is 4.32. The van der Waals surface area contributed by atoms with Crippen molar-refractivity contribution in [3.63, 3.8) is 0 Å². The topological polar surface area (TPSA) is 35.5 Å². The molecule has 0 aliphatic carbocycles. The average molecular weight is 314 g/mol. The van der Waals surface area contributed by atoms with Crippen molar-refractivity contribution in [2.45, 2.75) is 50.2 Å². The minimum atomic E-state index is -4.39. The van der Waals surface area contributed by atoms with E-state index in [1.54, 1.807) is 0 Å². The number of benzene rings is 1. The van der Waals surface area contributed by atoms with Crippen molar-refractivity contribution in [1.29, 1.82) is 0 Å². The fourth-order valence-electron chi connectivity index (χ4n) is 3.08. The van der Waals surface area contributed by atoms with Crippen LogP contribution in [0, 0.1) is 0 Å². The Bertz CT molecular complexity index is 545. The van der Waals surface area contributed by atoms with Crippen LogP contribution in [-0.4, -0.2) is 24.3 Å². The summed E-state index contributed by atoms with van der Waals surface area (Å²) >= 11 is 0. The van der Waals surface area contributed by atoms with Gasteiger partial charge < -0.3 is 9.47 Å². The van der Waals surface area contributed by atoms with Crippen molar-refractivity contribution in [2.75, 3.05) is 6.61 Å². The molecule has 3 nitrogen and oxygen atoms in total. The summed E-state index contributed by atoms with van der Waals surface area (Å²) in [4.78, 5) is 12.2. The average Bonchev–Trinajstić information content (AvgIpc) is 3.09. The fourth-order valence-corrected chi connectivity index (χ4v) is 3.08. The normalized spacial score (nSPS) is 28.4. The molecule has 2 saturated heterocycles. The van der Waals surface area contributed by atoms with E-state index in [2.05, 4.69) is 0 Å². The van der Waals surface area contributed by atoms with Gasteiger partial charge in [-0.25, -0.2) is 0 Å². The molecule has 2 atom stereocenters. The zero-order valence-corrected chi connectivity index (χ0v) is 12.0. The molecule has 1 aromatic rings. The Morgan fingerprint density at radius 1 is 1.23 bits per heavy atom. The van der Waals surface area contributed by atoms with Gasteiger partial charge in [-0.1, -0.05) is 12.1 Å². The van der Waals surface area contributed by atoms with Gasteiger partial charge in [0.05, 0.1) is 18.3 Å². The molecular weight excluding hydrogens is 297 g/mol. The van der Waals surface area contributed by atoms with E-state index in [1.807, 2.05) is 0 Å². The first-order valence-corrected chi connectivity index (χ1v) is 7.40. The van der Waals surface area contributed by atoms with Gasteiger partial charge in [0.1, 0.15) is 0 Å². The highest BCUT2D eigenvalue weighted by Gasteiger charge is 2.44. The number of Topliss-reactive ketones (excluding diaryl/α,β-unsaturated/α-hetero) is 1. The van der Waals surface area contributed by atoms with Crippen LogP contribution in [0.4, 0.5) is 13.2 Å². The number of hydrogen-bond acceptors (Lipinski definition) is 3. The fraction of sp³-hybridized carbons (Fsp3) is 0.562. The lowest BCUT2D eigenvalue weighted by Crippen LogP contribution is -2.28. The second-order valence-corrected chi connectivity index (χ2v) is 5.84. The smallest absolute Gasteiger partial charge is 0.350 e. The van der Waals surface area contributed by atoms with Crippen LogP contribution >= 0.6 is 0 Å². The molecule has 2 aliphatic heterocycles. The molecule has 2 fully saturated rings. The number of halogens is 3. The van der Waals surface area contributed by atoms with Crippen LogP contribution in [0.25, 0.3) is 0 Å². The molecule has 0 unspecified atom stereocenters. The molecule has 0 saturated carbocycles. The highest BCUT2D eigenvalue weighted by Crippen LogP contribution is 2.40. The van der Waals surface area contributed by atoms with Gasteiger partial charge >= 0.3 is 6.18 Å². The van der Waals surface area contributed by atoms with Crippen LogP contribution in [0.2, 0.25) is 0 Å². The lowest BCUT2D eigenvalue weighted by molar-refractivity contribution is -0.197. The predicted molar refractivity (Wildman–Crippen MR) is 72.4 cm³/mol. The molecule has 3 rings (SSSR count). The molecule has 1 aromatic carbocycles. The Labute approximate surface area is 126 Å². The van der Waals surface area contributed by atoms with E-state index in [-0.39, 0.29) is 23.9 Å². The van der Waals surface area contributed by atoms with E-state index in [0.29, 0.717) is 6.61 Å². The Hall–Kier alpha value is -1.40. The van der Waals surface area contributed by atoms with Crippen molar-refractivity contribution in [3.05, 3.63) is 35.4 Å². The summed E-state index contributed by atoms with van der Waals surface area (Å²) < 4.78 is 49.0. The van der Waals surface area contributed by atoms with Crippen molar-refractivity contribution >= 4 is 5.78 Å². The van der Waals surface area contributed by atoms with Crippen LogP contribution in [0.3, 0.4) is 0 Å². The largest absolute Gasteiger partial charge is 0.416 e. The van der Waals surface area contributed by atoms with E-state index in [0.717, 1.165) is 37.8 Å². The predicted octanol–water partition coefficient (Wildman–Crippen LogP) is 3.96. The lowest BCUT2D eigenvalue weighted by Gasteiger charge is -2.22. The van der Waals surface area contributed by atoms with E-state index in [1.165, 1.54) is 12.1 Å². The Morgan fingerprint density at radius 2 is 1.95 bits per heavy atom. The SMILES string of the molecule is O=C(C[C@H]1CC[C@@]2(CCCO2)O1)c1ccc(C(F)(F)F)cc1.